The number of methoxy groups -OCH3 is 1. The fraction of sp³-hybridized carbons (Fsp3) is 0.417. The maximum atomic E-state index is 13.6. The van der Waals surface area contributed by atoms with Crippen LogP contribution in [0, 0.1) is 5.82 Å². The predicted molar refractivity (Wildman–Crippen MR) is 62.5 cm³/mol. The molecule has 0 aliphatic carbocycles. The fourth-order valence-electron chi connectivity index (χ4n) is 1.29. The molecule has 5 heteroatoms. The highest BCUT2D eigenvalue weighted by Crippen LogP contribution is 2.28. The number of carbonyl (C=O) groups is 1. The third-order valence-corrected chi connectivity index (χ3v) is 1.98. The zero-order chi connectivity index (χ0) is 13.2. The quantitative estimate of drug-likeness (QED) is 0.637. The number of hydrogen-bond acceptors (Lipinski definition) is 4. The van der Waals surface area contributed by atoms with Gasteiger partial charge in [0.05, 0.1) is 12.8 Å². The van der Waals surface area contributed by atoms with Gasteiger partial charge in [-0.15, -0.1) is 0 Å². The van der Waals surface area contributed by atoms with Gasteiger partial charge >= 0.3 is 5.97 Å². The molecule has 0 bridgehead atoms. The molecule has 1 aromatic carbocycles. The van der Waals surface area contributed by atoms with E-state index in [4.69, 9.17) is 15.2 Å². The largest absolute Gasteiger partial charge is 0.495 e. The van der Waals surface area contributed by atoms with E-state index in [0.29, 0.717) is 0 Å². The molecular weight excluding hydrogens is 225 g/mol. The van der Waals surface area contributed by atoms with Crippen LogP contribution in [0.3, 0.4) is 0 Å². The number of nitrogens with two attached hydrogens (primary N) is 1. The van der Waals surface area contributed by atoms with E-state index >= 15 is 0 Å². The average molecular weight is 241 g/mol. The van der Waals surface area contributed by atoms with Crippen molar-refractivity contribution in [3.63, 3.8) is 0 Å². The lowest BCUT2D eigenvalue weighted by molar-refractivity contribution is 0.00658. The van der Waals surface area contributed by atoms with E-state index < -0.39 is 17.4 Å². The molecule has 17 heavy (non-hydrogen) atoms. The highest BCUT2D eigenvalue weighted by molar-refractivity contribution is 5.97. The summed E-state index contributed by atoms with van der Waals surface area (Å²) in [6.45, 7) is 5.08. The van der Waals surface area contributed by atoms with Gasteiger partial charge in [-0.3, -0.25) is 0 Å². The molecule has 0 fully saturated rings. The van der Waals surface area contributed by atoms with Crippen molar-refractivity contribution >= 4 is 11.7 Å². The molecule has 0 saturated heterocycles. The number of rotatable bonds is 2. The van der Waals surface area contributed by atoms with Crippen LogP contribution in [0.5, 0.6) is 5.75 Å². The minimum Gasteiger partial charge on any atom is -0.495 e. The lowest BCUT2D eigenvalue weighted by Crippen LogP contribution is -2.25. The first-order valence-corrected chi connectivity index (χ1v) is 5.11. The van der Waals surface area contributed by atoms with Crippen LogP contribution in [0.15, 0.2) is 12.1 Å². The van der Waals surface area contributed by atoms with Gasteiger partial charge in [0.15, 0.2) is 0 Å². The van der Waals surface area contributed by atoms with Crippen LogP contribution in [-0.4, -0.2) is 18.7 Å². The summed E-state index contributed by atoms with van der Waals surface area (Å²) in [6, 6.07) is 2.48. The Hall–Kier alpha value is -1.78. The van der Waals surface area contributed by atoms with E-state index in [1.807, 2.05) is 0 Å². The molecule has 2 N–H and O–H groups in total. The van der Waals surface area contributed by atoms with Crippen molar-refractivity contribution in [2.24, 2.45) is 0 Å². The Kier molecular flexibility index (Phi) is 3.60. The molecule has 0 aliphatic heterocycles. The molecule has 94 valence electrons. The summed E-state index contributed by atoms with van der Waals surface area (Å²) in [6.07, 6.45) is 0. The summed E-state index contributed by atoms with van der Waals surface area (Å²) in [5.41, 5.74) is 4.59. The molecule has 0 unspecified atom stereocenters. The molecule has 4 nitrogen and oxygen atoms in total. The van der Waals surface area contributed by atoms with Gasteiger partial charge in [-0.25, -0.2) is 9.18 Å². The number of ether oxygens (including phenoxy) is 2. The Bertz CT molecular complexity index is 438. The molecular formula is C12H16FNO3. The third-order valence-electron chi connectivity index (χ3n) is 1.98. The Morgan fingerprint density at radius 1 is 1.35 bits per heavy atom. The second-order valence-electron chi connectivity index (χ2n) is 4.54. The molecule has 1 rings (SSSR count). The standard InChI is InChI=1S/C12H16FNO3/c1-12(2,3)17-11(15)9-7(13)5-6-8(16-4)10(9)14/h5-6H,14H2,1-4H3. The maximum absolute atomic E-state index is 13.6. The van der Waals surface area contributed by atoms with E-state index in [2.05, 4.69) is 0 Å². The van der Waals surface area contributed by atoms with Gasteiger partial charge in [-0.2, -0.15) is 0 Å². The van der Waals surface area contributed by atoms with Crippen LogP contribution in [0.2, 0.25) is 0 Å². The Balaban J connectivity index is 3.17. The van der Waals surface area contributed by atoms with Crippen molar-refractivity contribution < 1.29 is 18.7 Å². The highest BCUT2D eigenvalue weighted by atomic mass is 19.1. The monoisotopic (exact) mass is 241 g/mol. The van der Waals surface area contributed by atoms with E-state index in [1.165, 1.54) is 13.2 Å². The first kappa shape index (κ1) is 13.3. The number of benzene rings is 1. The average Bonchev–Trinajstić information content (AvgIpc) is 2.15. The van der Waals surface area contributed by atoms with Crippen molar-refractivity contribution in [1.82, 2.24) is 0 Å². The summed E-state index contributed by atoms with van der Waals surface area (Å²) < 4.78 is 23.5. The van der Waals surface area contributed by atoms with Crippen LogP contribution in [0.4, 0.5) is 10.1 Å². The Morgan fingerprint density at radius 2 is 1.94 bits per heavy atom. The lowest BCUT2D eigenvalue weighted by Gasteiger charge is -2.20. The zero-order valence-electron chi connectivity index (χ0n) is 10.3. The zero-order valence-corrected chi connectivity index (χ0v) is 10.3. The summed E-state index contributed by atoms with van der Waals surface area (Å²) in [5, 5.41) is 0. The Morgan fingerprint density at radius 3 is 2.41 bits per heavy atom. The van der Waals surface area contributed by atoms with Crippen LogP contribution < -0.4 is 10.5 Å². The van der Waals surface area contributed by atoms with Crippen LogP contribution in [-0.2, 0) is 4.74 Å². The minimum absolute atomic E-state index is 0.0539. The fourth-order valence-corrected chi connectivity index (χ4v) is 1.29. The van der Waals surface area contributed by atoms with E-state index in [9.17, 15) is 9.18 Å². The summed E-state index contributed by atoms with van der Waals surface area (Å²) >= 11 is 0. The van der Waals surface area contributed by atoms with Crippen LogP contribution in [0.1, 0.15) is 31.1 Å². The van der Waals surface area contributed by atoms with Gasteiger partial charge in [-0.05, 0) is 32.9 Å². The van der Waals surface area contributed by atoms with Crippen LogP contribution >= 0.6 is 0 Å². The number of hydrogen-bond donors (Lipinski definition) is 1. The summed E-state index contributed by atoms with van der Waals surface area (Å²) in [7, 11) is 1.39. The molecule has 0 amide bonds. The van der Waals surface area contributed by atoms with Crippen molar-refractivity contribution in [2.75, 3.05) is 12.8 Å². The molecule has 0 aliphatic rings. The number of esters is 1. The Labute approximate surface area is 99.5 Å². The number of anilines is 1. The second-order valence-corrected chi connectivity index (χ2v) is 4.54. The van der Waals surface area contributed by atoms with Gasteiger partial charge in [0, 0.05) is 0 Å². The SMILES string of the molecule is COc1ccc(F)c(C(=O)OC(C)(C)C)c1N. The lowest BCUT2D eigenvalue weighted by atomic mass is 10.1. The maximum Gasteiger partial charge on any atom is 0.343 e. The smallest absolute Gasteiger partial charge is 0.343 e. The number of nitrogen functional groups attached to an aromatic ring is 1. The highest BCUT2D eigenvalue weighted by Gasteiger charge is 2.24. The molecule has 0 atom stereocenters. The van der Waals surface area contributed by atoms with Crippen molar-refractivity contribution in [1.29, 1.82) is 0 Å². The summed E-state index contributed by atoms with van der Waals surface area (Å²) in [5.74, 6) is -1.28. The normalized spacial score (nSPS) is 11.1. The second kappa shape index (κ2) is 4.61. The molecule has 0 spiro atoms. The van der Waals surface area contributed by atoms with Gasteiger partial charge < -0.3 is 15.2 Å². The van der Waals surface area contributed by atoms with Crippen LogP contribution in [0.25, 0.3) is 0 Å². The first-order valence-electron chi connectivity index (χ1n) is 5.11. The molecule has 0 saturated carbocycles. The first-order chi connectivity index (χ1) is 7.76. The third kappa shape index (κ3) is 3.09. The molecule has 0 aromatic heterocycles. The van der Waals surface area contributed by atoms with E-state index in [1.54, 1.807) is 20.8 Å². The van der Waals surface area contributed by atoms with Gasteiger partial charge in [-0.1, -0.05) is 0 Å². The van der Waals surface area contributed by atoms with Crippen molar-refractivity contribution in [3.8, 4) is 5.75 Å². The van der Waals surface area contributed by atoms with E-state index in [0.717, 1.165) is 6.07 Å². The van der Waals surface area contributed by atoms with Crippen molar-refractivity contribution in [2.45, 2.75) is 26.4 Å². The molecule has 1 aromatic rings. The minimum atomic E-state index is -0.800. The topological polar surface area (TPSA) is 61.5 Å². The van der Waals surface area contributed by atoms with Gasteiger partial charge in [0.1, 0.15) is 22.7 Å². The van der Waals surface area contributed by atoms with Gasteiger partial charge in [0.25, 0.3) is 0 Å². The number of carbonyl (C=O) groups excluding carboxylic acids is 1. The van der Waals surface area contributed by atoms with Gasteiger partial charge in [0.2, 0.25) is 0 Å². The van der Waals surface area contributed by atoms with Crippen molar-refractivity contribution in [3.05, 3.63) is 23.5 Å². The molecule has 0 radical (unpaired) electrons. The van der Waals surface area contributed by atoms with E-state index in [-0.39, 0.29) is 17.0 Å². The number of halogens is 1. The predicted octanol–water partition coefficient (Wildman–Crippen LogP) is 2.37. The molecule has 0 heterocycles. The summed E-state index contributed by atoms with van der Waals surface area (Å²) in [4.78, 5) is 11.8.